The van der Waals surface area contributed by atoms with E-state index in [1.54, 1.807) is 18.2 Å². The molecule has 1 amide bonds. The third-order valence-electron chi connectivity index (χ3n) is 6.02. The highest BCUT2D eigenvalue weighted by molar-refractivity contribution is 5.99. The standard InChI is InChI=1S/C27H27NO5/c1-18-6-5-7-19(14-18)12-13-33-23-11-10-20(15-24(23)32-2)25(29)28-27(26(30)31)16-21-8-3-4-9-22(21)17-27/h3-11,14-15H,12-13,16-17H2,1-2H3,(H,28,29)(H,30,31). The first kappa shape index (κ1) is 22.4. The van der Waals surface area contributed by atoms with Crippen molar-refractivity contribution < 1.29 is 24.2 Å². The number of methoxy groups -OCH3 is 1. The SMILES string of the molecule is COc1cc(C(=O)NC2(C(=O)O)Cc3ccccc3C2)ccc1OCCc1cccc(C)c1. The maximum Gasteiger partial charge on any atom is 0.330 e. The van der Waals surface area contributed by atoms with Crippen LogP contribution in [0.5, 0.6) is 11.5 Å². The Morgan fingerprint density at radius 1 is 0.970 bits per heavy atom. The van der Waals surface area contributed by atoms with Crippen molar-refractivity contribution in [2.24, 2.45) is 0 Å². The maximum absolute atomic E-state index is 13.0. The fourth-order valence-corrected chi connectivity index (χ4v) is 4.27. The molecule has 4 rings (SSSR count). The van der Waals surface area contributed by atoms with Gasteiger partial charge in [0, 0.05) is 24.8 Å². The second kappa shape index (κ2) is 9.36. The molecule has 1 aliphatic rings. The molecule has 0 saturated carbocycles. The van der Waals surface area contributed by atoms with E-state index in [1.807, 2.05) is 30.3 Å². The van der Waals surface area contributed by atoms with Crippen LogP contribution in [0.4, 0.5) is 0 Å². The van der Waals surface area contributed by atoms with Gasteiger partial charge in [0.15, 0.2) is 11.5 Å². The fraction of sp³-hybridized carbons (Fsp3) is 0.259. The number of carboxylic acids is 1. The van der Waals surface area contributed by atoms with Crippen molar-refractivity contribution in [3.05, 3.63) is 94.5 Å². The Balaban J connectivity index is 1.45. The van der Waals surface area contributed by atoms with Crippen LogP contribution in [0.1, 0.15) is 32.6 Å². The molecule has 0 aliphatic heterocycles. The Morgan fingerprint density at radius 2 is 1.70 bits per heavy atom. The first-order valence-electron chi connectivity index (χ1n) is 10.9. The summed E-state index contributed by atoms with van der Waals surface area (Å²) >= 11 is 0. The van der Waals surface area contributed by atoms with Crippen LogP contribution < -0.4 is 14.8 Å². The molecule has 0 heterocycles. The number of ether oxygens (including phenoxy) is 2. The van der Waals surface area contributed by atoms with Gasteiger partial charge in [-0.15, -0.1) is 0 Å². The summed E-state index contributed by atoms with van der Waals surface area (Å²) in [5.74, 6) is -0.557. The van der Waals surface area contributed by atoms with Gasteiger partial charge in [-0.3, -0.25) is 4.79 Å². The summed E-state index contributed by atoms with van der Waals surface area (Å²) in [4.78, 5) is 25.1. The van der Waals surface area contributed by atoms with Crippen molar-refractivity contribution in [2.75, 3.05) is 13.7 Å². The van der Waals surface area contributed by atoms with Crippen molar-refractivity contribution in [1.82, 2.24) is 5.32 Å². The van der Waals surface area contributed by atoms with E-state index in [1.165, 1.54) is 18.2 Å². The highest BCUT2D eigenvalue weighted by Gasteiger charge is 2.45. The first-order chi connectivity index (χ1) is 15.9. The Bertz CT molecular complexity index is 1160. The van der Waals surface area contributed by atoms with Crippen LogP contribution >= 0.6 is 0 Å². The summed E-state index contributed by atoms with van der Waals surface area (Å²) < 4.78 is 11.3. The summed E-state index contributed by atoms with van der Waals surface area (Å²) in [5, 5.41) is 12.7. The van der Waals surface area contributed by atoms with Crippen LogP contribution in [0.25, 0.3) is 0 Å². The second-order valence-corrected chi connectivity index (χ2v) is 8.42. The van der Waals surface area contributed by atoms with E-state index in [-0.39, 0.29) is 12.8 Å². The van der Waals surface area contributed by atoms with Crippen molar-refractivity contribution >= 4 is 11.9 Å². The van der Waals surface area contributed by atoms with Crippen LogP contribution in [0.2, 0.25) is 0 Å². The van der Waals surface area contributed by atoms with Gasteiger partial charge >= 0.3 is 5.97 Å². The third-order valence-corrected chi connectivity index (χ3v) is 6.02. The molecule has 0 aromatic heterocycles. The highest BCUT2D eigenvalue weighted by Crippen LogP contribution is 2.32. The Morgan fingerprint density at radius 3 is 2.33 bits per heavy atom. The molecule has 0 spiro atoms. The largest absolute Gasteiger partial charge is 0.493 e. The number of benzene rings is 3. The Kier molecular flexibility index (Phi) is 6.36. The van der Waals surface area contributed by atoms with Gasteiger partial charge in [0.25, 0.3) is 5.91 Å². The number of rotatable bonds is 8. The van der Waals surface area contributed by atoms with E-state index in [0.717, 1.165) is 17.5 Å². The zero-order valence-electron chi connectivity index (χ0n) is 18.8. The quantitative estimate of drug-likeness (QED) is 0.548. The third kappa shape index (κ3) is 4.85. The van der Waals surface area contributed by atoms with Crippen LogP contribution in [0.15, 0.2) is 66.7 Å². The van der Waals surface area contributed by atoms with E-state index in [0.29, 0.717) is 23.7 Å². The predicted octanol–water partition coefficient (Wildman–Crippen LogP) is 3.98. The number of carboxylic acid groups (broad SMARTS) is 1. The lowest BCUT2D eigenvalue weighted by atomic mass is 9.95. The molecule has 0 unspecified atom stereocenters. The van der Waals surface area contributed by atoms with Crippen molar-refractivity contribution in [2.45, 2.75) is 31.7 Å². The minimum atomic E-state index is -1.36. The summed E-state index contributed by atoms with van der Waals surface area (Å²) in [6, 6.07) is 20.7. The summed E-state index contributed by atoms with van der Waals surface area (Å²) in [6.07, 6.45) is 1.25. The van der Waals surface area contributed by atoms with Crippen LogP contribution in [0.3, 0.4) is 0 Å². The van der Waals surface area contributed by atoms with Gasteiger partial charge in [-0.05, 0) is 41.8 Å². The minimum absolute atomic E-state index is 0.252. The molecule has 33 heavy (non-hydrogen) atoms. The number of aryl methyl sites for hydroxylation is 1. The predicted molar refractivity (Wildman–Crippen MR) is 125 cm³/mol. The van der Waals surface area contributed by atoms with Crippen molar-refractivity contribution in [3.63, 3.8) is 0 Å². The molecule has 170 valence electrons. The summed E-state index contributed by atoms with van der Waals surface area (Å²) in [6.45, 7) is 2.52. The molecule has 1 aliphatic carbocycles. The minimum Gasteiger partial charge on any atom is -0.493 e. The van der Waals surface area contributed by atoms with Crippen molar-refractivity contribution in [1.29, 1.82) is 0 Å². The van der Waals surface area contributed by atoms with Gasteiger partial charge in [0.1, 0.15) is 5.54 Å². The molecule has 6 nitrogen and oxygen atoms in total. The maximum atomic E-state index is 13.0. The normalized spacial score (nSPS) is 13.8. The van der Waals surface area contributed by atoms with Gasteiger partial charge < -0.3 is 19.9 Å². The van der Waals surface area contributed by atoms with E-state index in [9.17, 15) is 14.7 Å². The second-order valence-electron chi connectivity index (χ2n) is 8.42. The first-order valence-corrected chi connectivity index (χ1v) is 10.9. The monoisotopic (exact) mass is 445 g/mol. The van der Waals surface area contributed by atoms with Gasteiger partial charge in [-0.1, -0.05) is 54.1 Å². The van der Waals surface area contributed by atoms with Gasteiger partial charge in [-0.2, -0.15) is 0 Å². The molecule has 3 aromatic rings. The molecule has 6 heteroatoms. The summed E-state index contributed by atoms with van der Waals surface area (Å²) in [7, 11) is 1.51. The van der Waals surface area contributed by atoms with Crippen molar-refractivity contribution in [3.8, 4) is 11.5 Å². The molecule has 0 atom stereocenters. The lowest BCUT2D eigenvalue weighted by Crippen LogP contribution is -2.55. The molecule has 0 fully saturated rings. The smallest absolute Gasteiger partial charge is 0.330 e. The average molecular weight is 446 g/mol. The van der Waals surface area contributed by atoms with Gasteiger partial charge in [0.05, 0.1) is 13.7 Å². The average Bonchev–Trinajstić information content (AvgIpc) is 3.18. The number of amides is 1. The molecule has 0 radical (unpaired) electrons. The Hall–Kier alpha value is -3.80. The van der Waals surface area contributed by atoms with Crippen LogP contribution in [-0.4, -0.2) is 36.2 Å². The number of aliphatic carboxylic acids is 1. The number of carbonyl (C=O) groups is 2. The molecular weight excluding hydrogens is 418 g/mol. The Labute approximate surface area is 193 Å². The zero-order chi connectivity index (χ0) is 23.4. The topological polar surface area (TPSA) is 84.9 Å². The number of hydrogen-bond donors (Lipinski definition) is 2. The number of hydrogen-bond acceptors (Lipinski definition) is 4. The number of carbonyl (C=O) groups excluding carboxylic acids is 1. The van der Waals surface area contributed by atoms with E-state index >= 15 is 0 Å². The lowest BCUT2D eigenvalue weighted by Gasteiger charge is -2.25. The molecular formula is C27H27NO5. The molecule has 0 saturated heterocycles. The molecule has 3 aromatic carbocycles. The summed E-state index contributed by atoms with van der Waals surface area (Å²) in [5.41, 5.74) is 3.21. The van der Waals surface area contributed by atoms with Gasteiger partial charge in [-0.25, -0.2) is 4.79 Å². The highest BCUT2D eigenvalue weighted by atomic mass is 16.5. The van der Waals surface area contributed by atoms with E-state index in [4.69, 9.17) is 9.47 Å². The van der Waals surface area contributed by atoms with Gasteiger partial charge in [0.2, 0.25) is 0 Å². The van der Waals surface area contributed by atoms with Crippen LogP contribution in [-0.2, 0) is 24.1 Å². The zero-order valence-corrected chi connectivity index (χ0v) is 18.8. The fourth-order valence-electron chi connectivity index (χ4n) is 4.27. The number of nitrogens with one attached hydrogen (secondary N) is 1. The lowest BCUT2D eigenvalue weighted by molar-refractivity contribution is -0.144. The molecule has 2 N–H and O–H groups in total. The van der Waals surface area contributed by atoms with E-state index in [2.05, 4.69) is 30.4 Å². The van der Waals surface area contributed by atoms with E-state index < -0.39 is 17.4 Å². The van der Waals surface area contributed by atoms with Crippen LogP contribution in [0, 0.1) is 6.92 Å². The number of fused-ring (bicyclic) bond motifs is 1. The molecule has 0 bridgehead atoms.